The molecule has 6 heteroatoms. The van der Waals surface area contributed by atoms with Crippen molar-refractivity contribution in [3.8, 4) is 11.3 Å². The van der Waals surface area contributed by atoms with Gasteiger partial charge < -0.3 is 14.5 Å². The van der Waals surface area contributed by atoms with Gasteiger partial charge in [0.1, 0.15) is 6.73 Å². The molecule has 5 nitrogen and oxygen atoms in total. The van der Waals surface area contributed by atoms with E-state index in [1.807, 2.05) is 6.07 Å². The van der Waals surface area contributed by atoms with Crippen LogP contribution in [0.4, 0.5) is 0 Å². The standard InChI is InChI=1S/C27H42N2O3Si/c1-5-8-17-33(18-9-6-2,19-10-7-3)32-21-23-11-13-24(14-12-23)26-20-25(15-16-28-26)27(30)29-22-31-4/h11-16,20H,5-10,17-19,21-22H2,1-4H3,(H,29,30). The number of carbonyl (C=O) groups is 1. The Bertz CT molecular complexity index is 805. The Kier molecular flexibility index (Phi) is 12.4. The highest BCUT2D eigenvalue weighted by atomic mass is 28.4. The largest absolute Gasteiger partial charge is 0.413 e. The van der Waals surface area contributed by atoms with Gasteiger partial charge in [-0.2, -0.15) is 0 Å². The molecule has 0 saturated carbocycles. The lowest BCUT2D eigenvalue weighted by Crippen LogP contribution is -2.38. The quantitative estimate of drug-likeness (QED) is 0.213. The number of aromatic nitrogens is 1. The van der Waals surface area contributed by atoms with E-state index in [1.54, 1.807) is 19.4 Å². The maximum absolute atomic E-state index is 12.2. The minimum absolute atomic E-state index is 0.168. The molecule has 0 radical (unpaired) electrons. The Morgan fingerprint density at radius 1 is 0.939 bits per heavy atom. The molecule has 0 fully saturated rings. The van der Waals surface area contributed by atoms with E-state index in [1.165, 1.54) is 62.2 Å². The van der Waals surface area contributed by atoms with Crippen molar-refractivity contribution in [1.82, 2.24) is 10.3 Å². The zero-order chi connectivity index (χ0) is 23.9. The fourth-order valence-corrected chi connectivity index (χ4v) is 8.72. The van der Waals surface area contributed by atoms with E-state index >= 15 is 0 Å². The number of carbonyl (C=O) groups excluding carboxylic acids is 1. The number of hydrogen-bond donors (Lipinski definition) is 1. The number of pyridine rings is 1. The fraction of sp³-hybridized carbons (Fsp3) is 0.556. The summed E-state index contributed by atoms with van der Waals surface area (Å²) in [4.78, 5) is 16.7. The molecule has 0 aliphatic carbocycles. The van der Waals surface area contributed by atoms with Gasteiger partial charge in [0.25, 0.3) is 5.91 Å². The minimum Gasteiger partial charge on any atom is -0.413 e. The lowest BCUT2D eigenvalue weighted by Gasteiger charge is -2.32. The molecule has 2 rings (SSSR count). The highest BCUT2D eigenvalue weighted by Crippen LogP contribution is 2.31. The van der Waals surface area contributed by atoms with Crippen molar-refractivity contribution in [2.24, 2.45) is 0 Å². The highest BCUT2D eigenvalue weighted by Gasteiger charge is 2.33. The van der Waals surface area contributed by atoms with Crippen LogP contribution in [0.2, 0.25) is 18.1 Å². The second-order valence-electron chi connectivity index (χ2n) is 8.85. The molecule has 1 aromatic carbocycles. The molecule has 1 heterocycles. The Morgan fingerprint density at radius 3 is 2.09 bits per heavy atom. The van der Waals surface area contributed by atoms with Crippen LogP contribution >= 0.6 is 0 Å². The summed E-state index contributed by atoms with van der Waals surface area (Å²) in [5.74, 6) is -0.168. The molecule has 0 aliphatic heterocycles. The van der Waals surface area contributed by atoms with Gasteiger partial charge in [0.15, 0.2) is 8.32 Å². The van der Waals surface area contributed by atoms with Crippen molar-refractivity contribution in [3.63, 3.8) is 0 Å². The molecule has 1 amide bonds. The number of hydrogen-bond acceptors (Lipinski definition) is 4. The number of rotatable bonds is 16. The summed E-state index contributed by atoms with van der Waals surface area (Å²) in [5, 5.41) is 2.71. The maximum Gasteiger partial charge on any atom is 0.253 e. The first-order valence-corrected chi connectivity index (χ1v) is 15.1. The summed E-state index contributed by atoms with van der Waals surface area (Å²) in [7, 11) is -0.168. The second kappa shape index (κ2) is 15.0. The molecular formula is C27H42N2O3Si. The number of methoxy groups -OCH3 is 1. The third kappa shape index (κ3) is 9.03. The normalized spacial score (nSPS) is 11.5. The summed E-state index contributed by atoms with van der Waals surface area (Å²) < 4.78 is 11.7. The summed E-state index contributed by atoms with van der Waals surface area (Å²) in [5.41, 5.74) is 3.55. The Labute approximate surface area is 201 Å². The first kappa shape index (κ1) is 27.2. The van der Waals surface area contributed by atoms with E-state index in [0.717, 1.165) is 11.3 Å². The van der Waals surface area contributed by atoms with Crippen LogP contribution in [0.1, 0.15) is 75.2 Å². The van der Waals surface area contributed by atoms with Crippen LogP contribution < -0.4 is 5.32 Å². The molecule has 1 N–H and O–H groups in total. The average molecular weight is 471 g/mol. The van der Waals surface area contributed by atoms with Gasteiger partial charge in [-0.3, -0.25) is 9.78 Å². The molecule has 0 aliphatic rings. The van der Waals surface area contributed by atoms with E-state index in [4.69, 9.17) is 9.16 Å². The van der Waals surface area contributed by atoms with Crippen LogP contribution in [0.5, 0.6) is 0 Å². The fourth-order valence-electron chi connectivity index (χ4n) is 4.07. The molecule has 182 valence electrons. The third-order valence-corrected chi connectivity index (χ3v) is 10.7. The number of amides is 1. The smallest absolute Gasteiger partial charge is 0.253 e. The van der Waals surface area contributed by atoms with Crippen LogP contribution in [0.3, 0.4) is 0 Å². The molecule has 0 spiro atoms. The van der Waals surface area contributed by atoms with Gasteiger partial charge >= 0.3 is 0 Å². The molecular weight excluding hydrogens is 428 g/mol. The number of nitrogens with one attached hydrogen (secondary N) is 1. The van der Waals surface area contributed by atoms with Gasteiger partial charge in [0.05, 0.1) is 12.3 Å². The molecule has 33 heavy (non-hydrogen) atoms. The number of nitrogens with zero attached hydrogens (tertiary/aromatic N) is 1. The first-order valence-electron chi connectivity index (χ1n) is 12.5. The number of unbranched alkanes of at least 4 members (excludes halogenated alkanes) is 3. The Hall–Kier alpha value is -2.02. The van der Waals surface area contributed by atoms with E-state index in [0.29, 0.717) is 12.2 Å². The van der Waals surface area contributed by atoms with Crippen LogP contribution in [0.25, 0.3) is 11.3 Å². The lowest BCUT2D eigenvalue weighted by atomic mass is 10.1. The summed E-state index contributed by atoms with van der Waals surface area (Å²) in [6, 6.07) is 15.8. The van der Waals surface area contributed by atoms with Crippen LogP contribution in [-0.4, -0.2) is 33.0 Å². The predicted molar refractivity (Wildman–Crippen MR) is 139 cm³/mol. The minimum atomic E-state index is -1.72. The Balaban J connectivity index is 2.09. The lowest BCUT2D eigenvalue weighted by molar-refractivity contribution is 0.0872. The molecule has 0 saturated heterocycles. The second-order valence-corrected chi connectivity index (χ2v) is 13.0. The van der Waals surface area contributed by atoms with E-state index in [2.05, 4.69) is 55.3 Å². The zero-order valence-corrected chi connectivity index (χ0v) is 22.0. The van der Waals surface area contributed by atoms with Gasteiger partial charge in [-0.05, 0) is 35.8 Å². The topological polar surface area (TPSA) is 60.5 Å². The molecule has 0 unspecified atom stereocenters. The van der Waals surface area contributed by atoms with E-state index in [-0.39, 0.29) is 12.6 Å². The van der Waals surface area contributed by atoms with Gasteiger partial charge in [0.2, 0.25) is 0 Å². The first-order chi connectivity index (χ1) is 16.1. The predicted octanol–water partition coefficient (Wildman–Crippen LogP) is 6.94. The summed E-state index contributed by atoms with van der Waals surface area (Å²) in [6.07, 6.45) is 9.21. The van der Waals surface area contributed by atoms with Crippen molar-refractivity contribution >= 4 is 14.2 Å². The van der Waals surface area contributed by atoms with E-state index in [9.17, 15) is 4.79 Å². The highest BCUT2D eigenvalue weighted by molar-refractivity contribution is 6.73. The summed E-state index contributed by atoms with van der Waals surface area (Å²) in [6.45, 7) is 7.71. The van der Waals surface area contributed by atoms with Crippen molar-refractivity contribution in [1.29, 1.82) is 0 Å². The zero-order valence-electron chi connectivity index (χ0n) is 21.0. The molecule has 0 atom stereocenters. The summed E-state index contributed by atoms with van der Waals surface area (Å²) >= 11 is 0. The monoisotopic (exact) mass is 470 g/mol. The van der Waals surface area contributed by atoms with Crippen molar-refractivity contribution < 1.29 is 14.0 Å². The third-order valence-electron chi connectivity index (χ3n) is 6.15. The number of benzene rings is 1. The van der Waals surface area contributed by atoms with Crippen molar-refractivity contribution in [2.45, 2.75) is 84.0 Å². The SMILES string of the molecule is CCCC[Si](CCCC)(CCCC)OCc1ccc(-c2cc(C(=O)NCOC)ccn2)cc1. The van der Waals surface area contributed by atoms with Gasteiger partial charge in [-0.25, -0.2) is 0 Å². The molecule has 1 aromatic heterocycles. The van der Waals surface area contributed by atoms with Gasteiger partial charge in [-0.15, -0.1) is 0 Å². The van der Waals surface area contributed by atoms with E-state index < -0.39 is 8.32 Å². The average Bonchev–Trinajstić information content (AvgIpc) is 2.86. The maximum atomic E-state index is 12.2. The number of ether oxygens (including phenoxy) is 1. The molecule has 0 bridgehead atoms. The van der Waals surface area contributed by atoms with Gasteiger partial charge in [0, 0.05) is 24.4 Å². The Morgan fingerprint density at radius 2 is 1.55 bits per heavy atom. The molecule has 2 aromatic rings. The van der Waals surface area contributed by atoms with Crippen molar-refractivity contribution in [2.75, 3.05) is 13.8 Å². The van der Waals surface area contributed by atoms with Crippen LogP contribution in [0, 0.1) is 0 Å². The van der Waals surface area contributed by atoms with Crippen LogP contribution in [-0.2, 0) is 15.8 Å². The van der Waals surface area contributed by atoms with Gasteiger partial charge in [-0.1, -0.05) is 83.6 Å². The van der Waals surface area contributed by atoms with Crippen molar-refractivity contribution in [3.05, 3.63) is 53.7 Å². The van der Waals surface area contributed by atoms with Crippen LogP contribution in [0.15, 0.2) is 42.6 Å².